The first kappa shape index (κ1) is 17.5. The van der Waals surface area contributed by atoms with Gasteiger partial charge in [0.15, 0.2) is 0 Å². The van der Waals surface area contributed by atoms with Crippen LogP contribution in [0, 0.1) is 5.92 Å². The van der Waals surface area contributed by atoms with Gasteiger partial charge < -0.3 is 10.2 Å². The number of nitrogens with one attached hydrogen (secondary N) is 1. The number of halogens is 3. The summed E-state index contributed by atoms with van der Waals surface area (Å²) in [5.41, 5.74) is -0.0594. The van der Waals surface area contributed by atoms with Crippen molar-refractivity contribution in [2.75, 3.05) is 26.0 Å². The Morgan fingerprint density at radius 1 is 1.17 bits per heavy atom. The van der Waals surface area contributed by atoms with Crippen LogP contribution in [0.5, 0.6) is 0 Å². The first-order valence-corrected chi connectivity index (χ1v) is 7.57. The fraction of sp³-hybridized carbons (Fsp3) is 0.471. The average Bonchev–Trinajstić information content (AvgIpc) is 2.45. The van der Waals surface area contributed by atoms with Crippen LogP contribution in [0.3, 0.4) is 0 Å². The number of para-hydroxylation sites is 1. The lowest BCUT2D eigenvalue weighted by atomic mass is 10.0. The lowest BCUT2D eigenvalue weighted by molar-refractivity contribution is -0.140. The van der Waals surface area contributed by atoms with Crippen molar-refractivity contribution in [1.29, 1.82) is 0 Å². The number of benzene rings is 1. The van der Waals surface area contributed by atoms with E-state index in [9.17, 15) is 13.2 Å². The third-order valence-electron chi connectivity index (χ3n) is 3.94. The molecule has 3 nitrogen and oxygen atoms in total. The van der Waals surface area contributed by atoms with Crippen molar-refractivity contribution in [3.8, 4) is 0 Å². The lowest BCUT2D eigenvalue weighted by Gasteiger charge is -2.28. The number of rotatable bonds is 5. The van der Waals surface area contributed by atoms with E-state index in [0.29, 0.717) is 29.1 Å². The first-order chi connectivity index (χ1) is 10.7. The maximum Gasteiger partial charge on any atom is 0.433 e. The summed E-state index contributed by atoms with van der Waals surface area (Å²) < 4.78 is 39.2. The number of hydrogen-bond acceptors (Lipinski definition) is 3. The Morgan fingerprint density at radius 3 is 2.39 bits per heavy atom. The van der Waals surface area contributed by atoms with Crippen molar-refractivity contribution >= 4 is 16.6 Å². The summed E-state index contributed by atoms with van der Waals surface area (Å²) in [6.45, 7) is 4.76. The van der Waals surface area contributed by atoms with Crippen LogP contribution < -0.4 is 5.32 Å². The molecule has 0 saturated heterocycles. The second-order valence-corrected chi connectivity index (χ2v) is 6.23. The largest absolute Gasteiger partial charge is 0.433 e. The second-order valence-electron chi connectivity index (χ2n) is 6.23. The van der Waals surface area contributed by atoms with Crippen molar-refractivity contribution in [2.24, 2.45) is 5.92 Å². The Bertz CT molecular complexity index is 658. The summed E-state index contributed by atoms with van der Waals surface area (Å²) in [5, 5.41) is 3.88. The van der Waals surface area contributed by atoms with Gasteiger partial charge in [-0.05, 0) is 32.1 Å². The number of aromatic nitrogens is 1. The molecule has 2 rings (SSSR count). The van der Waals surface area contributed by atoms with Crippen molar-refractivity contribution < 1.29 is 13.2 Å². The number of anilines is 1. The molecule has 0 unspecified atom stereocenters. The standard InChI is InChI=1S/C17H22F3N3/c1-11(2)15(23(3)4)10-21-14-9-16(17(18,19)20)22-13-8-6-5-7-12(13)14/h5-9,11,15H,10H2,1-4H3,(H,21,22)/t15-/m1/s1. The van der Waals surface area contributed by atoms with Crippen molar-refractivity contribution in [3.05, 3.63) is 36.0 Å². The van der Waals surface area contributed by atoms with E-state index in [1.54, 1.807) is 24.3 Å². The van der Waals surface area contributed by atoms with E-state index in [-0.39, 0.29) is 6.04 Å². The minimum absolute atomic E-state index is 0.219. The molecule has 1 aromatic heterocycles. The summed E-state index contributed by atoms with van der Waals surface area (Å²) in [6, 6.07) is 8.18. The van der Waals surface area contributed by atoms with Crippen molar-refractivity contribution in [1.82, 2.24) is 9.88 Å². The predicted molar refractivity (Wildman–Crippen MR) is 87.5 cm³/mol. The molecule has 1 atom stereocenters. The normalized spacial score (nSPS) is 13.8. The van der Waals surface area contributed by atoms with Gasteiger partial charge in [-0.1, -0.05) is 32.0 Å². The SMILES string of the molecule is CC(C)[C@@H](CNc1cc(C(F)(F)F)nc2ccccc12)N(C)C. The molecular weight excluding hydrogens is 303 g/mol. The number of alkyl halides is 3. The van der Waals surface area contributed by atoms with Crippen LogP contribution in [0.1, 0.15) is 19.5 Å². The smallest absolute Gasteiger partial charge is 0.383 e. The van der Waals surface area contributed by atoms with Crippen LogP contribution in [-0.4, -0.2) is 36.6 Å². The number of nitrogens with zero attached hydrogens (tertiary/aromatic N) is 2. The molecule has 0 aliphatic rings. The maximum atomic E-state index is 13.1. The summed E-state index contributed by atoms with van der Waals surface area (Å²) in [5.74, 6) is 0.382. The molecule has 0 aliphatic carbocycles. The molecule has 0 spiro atoms. The molecule has 0 amide bonds. The number of hydrogen-bond donors (Lipinski definition) is 1. The second kappa shape index (κ2) is 6.74. The predicted octanol–water partition coefficient (Wildman–Crippen LogP) is 4.25. The molecule has 6 heteroatoms. The van der Waals surface area contributed by atoms with Crippen molar-refractivity contribution in [3.63, 3.8) is 0 Å². The van der Waals surface area contributed by atoms with E-state index >= 15 is 0 Å². The van der Waals surface area contributed by atoms with Gasteiger partial charge in [0.1, 0.15) is 5.69 Å². The molecule has 23 heavy (non-hydrogen) atoms. The highest BCUT2D eigenvalue weighted by Crippen LogP contribution is 2.33. The highest BCUT2D eigenvalue weighted by molar-refractivity contribution is 5.91. The van der Waals surface area contributed by atoms with Crippen LogP contribution in [0.4, 0.5) is 18.9 Å². The topological polar surface area (TPSA) is 28.2 Å². The molecule has 1 heterocycles. The van der Waals surface area contributed by atoms with Crippen LogP contribution in [0.25, 0.3) is 10.9 Å². The molecule has 126 valence electrons. The third kappa shape index (κ3) is 4.13. The van der Waals surface area contributed by atoms with E-state index in [2.05, 4.69) is 29.0 Å². The van der Waals surface area contributed by atoms with E-state index in [4.69, 9.17) is 0 Å². The summed E-state index contributed by atoms with van der Waals surface area (Å²) in [7, 11) is 3.94. The fourth-order valence-corrected chi connectivity index (χ4v) is 2.70. The molecule has 1 N–H and O–H groups in total. The number of likely N-dealkylation sites (N-methyl/N-ethyl adjacent to an activating group) is 1. The zero-order chi connectivity index (χ0) is 17.2. The Balaban J connectivity index is 2.38. The number of pyridine rings is 1. The Kier molecular flexibility index (Phi) is 5.14. The number of fused-ring (bicyclic) bond motifs is 1. The van der Waals surface area contributed by atoms with Gasteiger partial charge in [-0.3, -0.25) is 0 Å². The molecular formula is C17H22F3N3. The van der Waals surface area contributed by atoms with Gasteiger partial charge in [0.2, 0.25) is 0 Å². The highest BCUT2D eigenvalue weighted by atomic mass is 19.4. The lowest BCUT2D eigenvalue weighted by Crippen LogP contribution is -2.38. The summed E-state index contributed by atoms with van der Waals surface area (Å²) in [6.07, 6.45) is -4.46. The Morgan fingerprint density at radius 2 is 1.83 bits per heavy atom. The molecule has 0 radical (unpaired) electrons. The third-order valence-corrected chi connectivity index (χ3v) is 3.94. The van der Waals surface area contributed by atoms with Crippen molar-refractivity contribution in [2.45, 2.75) is 26.1 Å². The van der Waals surface area contributed by atoms with Crippen LogP contribution in [-0.2, 0) is 6.18 Å². The van der Waals surface area contributed by atoms with Gasteiger partial charge in [0.05, 0.1) is 5.52 Å². The van der Waals surface area contributed by atoms with E-state index < -0.39 is 11.9 Å². The van der Waals surface area contributed by atoms with Crippen LogP contribution >= 0.6 is 0 Å². The molecule has 0 saturated carbocycles. The molecule has 0 fully saturated rings. The van der Waals surface area contributed by atoms with Gasteiger partial charge in [-0.25, -0.2) is 4.98 Å². The zero-order valence-electron chi connectivity index (χ0n) is 13.8. The van der Waals surface area contributed by atoms with Crippen LogP contribution in [0.2, 0.25) is 0 Å². The highest BCUT2D eigenvalue weighted by Gasteiger charge is 2.33. The zero-order valence-corrected chi connectivity index (χ0v) is 13.8. The molecule has 1 aromatic carbocycles. The van der Waals surface area contributed by atoms with E-state index in [1.165, 1.54) is 0 Å². The minimum Gasteiger partial charge on any atom is -0.383 e. The summed E-state index contributed by atoms with van der Waals surface area (Å²) in [4.78, 5) is 5.80. The summed E-state index contributed by atoms with van der Waals surface area (Å²) >= 11 is 0. The van der Waals surface area contributed by atoms with Crippen LogP contribution in [0.15, 0.2) is 30.3 Å². The molecule has 2 aromatic rings. The first-order valence-electron chi connectivity index (χ1n) is 7.57. The quantitative estimate of drug-likeness (QED) is 0.891. The van der Waals surface area contributed by atoms with E-state index in [1.807, 2.05) is 14.1 Å². The van der Waals surface area contributed by atoms with Gasteiger partial charge in [-0.15, -0.1) is 0 Å². The molecule has 0 aliphatic heterocycles. The maximum absolute atomic E-state index is 13.1. The van der Waals surface area contributed by atoms with Gasteiger partial charge >= 0.3 is 6.18 Å². The van der Waals surface area contributed by atoms with Gasteiger partial charge in [-0.2, -0.15) is 13.2 Å². The van der Waals surface area contributed by atoms with E-state index in [0.717, 1.165) is 6.07 Å². The van der Waals surface area contributed by atoms with Gasteiger partial charge in [0, 0.05) is 23.7 Å². The Hall–Kier alpha value is -1.82. The fourth-order valence-electron chi connectivity index (χ4n) is 2.70. The average molecular weight is 325 g/mol. The van der Waals surface area contributed by atoms with Gasteiger partial charge in [0.25, 0.3) is 0 Å². The monoisotopic (exact) mass is 325 g/mol. The molecule has 0 bridgehead atoms. The minimum atomic E-state index is -4.46. The Labute approximate surface area is 134 Å².